The largest absolute Gasteiger partial charge is 0.382 e. The van der Waals surface area contributed by atoms with Crippen LogP contribution in [-0.2, 0) is 14.2 Å². The lowest BCUT2D eigenvalue weighted by molar-refractivity contribution is -0.136. The predicted molar refractivity (Wildman–Crippen MR) is 73.1 cm³/mol. The Balaban J connectivity index is -0.000000242. The molecule has 98 valence electrons. The summed E-state index contributed by atoms with van der Waals surface area (Å²) in [6, 6.07) is 0. The van der Waals surface area contributed by atoms with Gasteiger partial charge in [0, 0.05) is 38.7 Å². The van der Waals surface area contributed by atoms with Gasteiger partial charge in [0.05, 0.1) is 0 Å². The first-order chi connectivity index (χ1) is 7.26. The highest BCUT2D eigenvalue weighted by molar-refractivity contribution is 6.17. The van der Waals surface area contributed by atoms with Crippen molar-refractivity contribution in [1.29, 1.82) is 0 Å². The molecule has 0 aliphatic heterocycles. The molecule has 0 aliphatic rings. The fraction of sp³-hybridized carbons (Fsp3) is 1.00. The van der Waals surface area contributed by atoms with Crippen LogP contribution < -0.4 is 0 Å². The number of ether oxygens (including phenoxy) is 3. The average molecular weight is 267 g/mol. The summed E-state index contributed by atoms with van der Waals surface area (Å²) in [5.74, 6) is 0.588. The van der Waals surface area contributed by atoms with Crippen LogP contribution in [-0.4, -0.2) is 61.7 Å². The van der Waals surface area contributed by atoms with Gasteiger partial charge in [0.15, 0.2) is 6.29 Å². The molecule has 0 aromatic carbocycles. The standard InChI is InChI=1S/C7H15ClO2.C4H10O.Mg.2H/c1-3-9-7(5-6-8)10-4-2;1-3-5-4-2;;;/h7H,3-6H2,1-2H3;3-4H2,1-2H3;;;. The number of alkyl halides is 1. The fourth-order valence-corrected chi connectivity index (χ4v) is 1.06. The molecule has 0 aromatic heterocycles. The minimum atomic E-state index is -0.104. The molecule has 0 spiro atoms. The Morgan fingerprint density at radius 2 is 1.31 bits per heavy atom. The average Bonchev–Trinajstić information content (AvgIpc) is 2.21. The van der Waals surface area contributed by atoms with E-state index in [4.69, 9.17) is 25.8 Å². The van der Waals surface area contributed by atoms with E-state index in [2.05, 4.69) is 0 Å². The lowest BCUT2D eigenvalue weighted by atomic mass is 10.5. The van der Waals surface area contributed by atoms with E-state index in [0.717, 1.165) is 19.6 Å². The lowest BCUT2D eigenvalue weighted by Gasteiger charge is -2.14. The van der Waals surface area contributed by atoms with Gasteiger partial charge < -0.3 is 14.2 Å². The Morgan fingerprint density at radius 3 is 1.50 bits per heavy atom. The molecule has 0 saturated heterocycles. The van der Waals surface area contributed by atoms with E-state index in [0.29, 0.717) is 19.1 Å². The van der Waals surface area contributed by atoms with Crippen LogP contribution in [0.4, 0.5) is 0 Å². The zero-order chi connectivity index (χ0) is 11.9. The number of rotatable bonds is 8. The molecule has 16 heavy (non-hydrogen) atoms. The third-order valence-electron chi connectivity index (χ3n) is 1.46. The molecule has 0 unspecified atom stereocenters. The van der Waals surface area contributed by atoms with Crippen LogP contribution in [0.2, 0.25) is 0 Å². The van der Waals surface area contributed by atoms with E-state index >= 15 is 0 Å². The van der Waals surface area contributed by atoms with E-state index in [1.54, 1.807) is 0 Å². The minimum absolute atomic E-state index is 0. The normalized spacial score (nSPS) is 9.38. The molecule has 0 fully saturated rings. The van der Waals surface area contributed by atoms with Gasteiger partial charge in [-0.05, 0) is 27.7 Å². The monoisotopic (exact) mass is 266 g/mol. The molecule has 0 amide bonds. The summed E-state index contributed by atoms with van der Waals surface area (Å²) in [6.45, 7) is 10.9. The highest BCUT2D eigenvalue weighted by atomic mass is 35.5. The van der Waals surface area contributed by atoms with Crippen LogP contribution in [0.25, 0.3) is 0 Å². The third-order valence-corrected chi connectivity index (χ3v) is 1.68. The summed E-state index contributed by atoms with van der Waals surface area (Å²) < 4.78 is 15.3. The smallest absolute Gasteiger partial charge is 0.316 e. The maximum atomic E-state index is 5.51. The van der Waals surface area contributed by atoms with E-state index in [1.807, 2.05) is 27.7 Å². The topological polar surface area (TPSA) is 27.7 Å². The molecule has 0 aromatic rings. The van der Waals surface area contributed by atoms with Gasteiger partial charge in [-0.25, -0.2) is 0 Å². The van der Waals surface area contributed by atoms with Crippen LogP contribution >= 0.6 is 11.6 Å². The number of halogens is 1. The number of hydrogen-bond acceptors (Lipinski definition) is 3. The zero-order valence-electron chi connectivity index (χ0n) is 10.4. The van der Waals surface area contributed by atoms with Gasteiger partial charge >= 0.3 is 23.1 Å². The minimum Gasteiger partial charge on any atom is -0.382 e. The van der Waals surface area contributed by atoms with Gasteiger partial charge in [-0.3, -0.25) is 0 Å². The van der Waals surface area contributed by atoms with Gasteiger partial charge in [0.25, 0.3) is 0 Å². The van der Waals surface area contributed by atoms with Gasteiger partial charge in [-0.1, -0.05) is 0 Å². The van der Waals surface area contributed by atoms with Crippen molar-refractivity contribution < 1.29 is 14.2 Å². The quantitative estimate of drug-likeness (QED) is 0.383. The SMILES string of the molecule is CCOC(CCCl)OCC.CCOCC.[MgH2]. The van der Waals surface area contributed by atoms with Crippen LogP contribution in [0.15, 0.2) is 0 Å². The highest BCUT2D eigenvalue weighted by Crippen LogP contribution is 2.01. The zero-order valence-corrected chi connectivity index (χ0v) is 11.2. The fourth-order valence-electron chi connectivity index (χ4n) is 0.880. The van der Waals surface area contributed by atoms with E-state index in [1.165, 1.54) is 0 Å². The van der Waals surface area contributed by atoms with Crippen molar-refractivity contribution in [3.63, 3.8) is 0 Å². The van der Waals surface area contributed by atoms with E-state index in [-0.39, 0.29) is 29.3 Å². The molecule has 0 rings (SSSR count). The summed E-state index contributed by atoms with van der Waals surface area (Å²) in [5, 5.41) is 0. The van der Waals surface area contributed by atoms with Crippen molar-refractivity contribution in [2.45, 2.75) is 40.4 Å². The molecule has 0 bridgehead atoms. The molecule has 0 saturated carbocycles. The van der Waals surface area contributed by atoms with Crippen molar-refractivity contribution in [3.05, 3.63) is 0 Å². The molecular weight excluding hydrogens is 240 g/mol. The van der Waals surface area contributed by atoms with Crippen LogP contribution in [0.3, 0.4) is 0 Å². The van der Waals surface area contributed by atoms with Gasteiger partial charge in [0.2, 0.25) is 0 Å². The van der Waals surface area contributed by atoms with Crippen LogP contribution in [0.5, 0.6) is 0 Å². The summed E-state index contributed by atoms with van der Waals surface area (Å²) in [5.41, 5.74) is 0. The van der Waals surface area contributed by atoms with E-state index < -0.39 is 0 Å². The van der Waals surface area contributed by atoms with Crippen molar-refractivity contribution in [1.82, 2.24) is 0 Å². The van der Waals surface area contributed by atoms with Gasteiger partial charge in [-0.2, -0.15) is 0 Å². The predicted octanol–water partition coefficient (Wildman–Crippen LogP) is 2.14. The van der Waals surface area contributed by atoms with Crippen molar-refractivity contribution >= 4 is 34.7 Å². The third kappa shape index (κ3) is 20.4. The molecular formula is C11H27ClMgO3. The Bertz CT molecular complexity index is 91.0. The molecule has 0 radical (unpaired) electrons. The van der Waals surface area contributed by atoms with Crippen molar-refractivity contribution in [2.75, 3.05) is 32.3 Å². The summed E-state index contributed by atoms with van der Waals surface area (Å²) >= 11 is 5.51. The summed E-state index contributed by atoms with van der Waals surface area (Å²) in [4.78, 5) is 0. The maximum Gasteiger partial charge on any atom is 0.316 e. The molecule has 0 atom stereocenters. The Kier molecular flexibility index (Phi) is 29.4. The second kappa shape index (κ2) is 21.2. The molecule has 0 heterocycles. The van der Waals surface area contributed by atoms with E-state index in [9.17, 15) is 0 Å². The van der Waals surface area contributed by atoms with Crippen LogP contribution in [0.1, 0.15) is 34.1 Å². The molecule has 5 heteroatoms. The lowest BCUT2D eigenvalue weighted by Crippen LogP contribution is -2.17. The molecule has 3 nitrogen and oxygen atoms in total. The summed E-state index contributed by atoms with van der Waals surface area (Å²) in [7, 11) is 0. The Morgan fingerprint density at radius 1 is 0.875 bits per heavy atom. The van der Waals surface area contributed by atoms with Crippen molar-refractivity contribution in [3.8, 4) is 0 Å². The first kappa shape index (κ1) is 22.1. The van der Waals surface area contributed by atoms with Gasteiger partial charge in [-0.15, -0.1) is 11.6 Å². The number of hydrogen-bond donors (Lipinski definition) is 0. The first-order valence-corrected chi connectivity index (χ1v) is 6.16. The molecule has 0 N–H and O–H groups in total. The first-order valence-electron chi connectivity index (χ1n) is 5.63. The molecule has 0 aliphatic carbocycles. The van der Waals surface area contributed by atoms with Crippen LogP contribution in [0, 0.1) is 0 Å². The maximum absolute atomic E-state index is 5.51. The van der Waals surface area contributed by atoms with Crippen molar-refractivity contribution in [2.24, 2.45) is 0 Å². The highest BCUT2D eigenvalue weighted by Gasteiger charge is 2.04. The second-order valence-corrected chi connectivity index (χ2v) is 2.98. The van der Waals surface area contributed by atoms with Gasteiger partial charge in [0.1, 0.15) is 0 Å². The Hall–Kier alpha value is 0.936. The summed E-state index contributed by atoms with van der Waals surface area (Å²) in [6.07, 6.45) is 0.663. The Labute approximate surface area is 121 Å². The second-order valence-electron chi connectivity index (χ2n) is 2.60.